The number of nitrogens with one attached hydrogen (secondary N) is 1. The van der Waals surface area contributed by atoms with Crippen LogP contribution in [0, 0.1) is 0 Å². The Bertz CT molecular complexity index is 406. The molecule has 7 heteroatoms. The van der Waals surface area contributed by atoms with Gasteiger partial charge in [0.2, 0.25) is 11.8 Å². The predicted molar refractivity (Wildman–Crippen MR) is 73.4 cm³/mol. The van der Waals surface area contributed by atoms with E-state index in [9.17, 15) is 14.4 Å². The van der Waals surface area contributed by atoms with Crippen LogP contribution in [-0.4, -0.2) is 61.6 Å². The first-order valence-corrected chi connectivity index (χ1v) is 7.36. The summed E-state index contributed by atoms with van der Waals surface area (Å²) in [6.45, 7) is 1.46. The fourth-order valence-corrected chi connectivity index (χ4v) is 2.67. The van der Waals surface area contributed by atoms with E-state index in [1.54, 1.807) is 4.90 Å². The summed E-state index contributed by atoms with van der Waals surface area (Å²) in [7, 11) is 1.33. The first-order valence-electron chi connectivity index (χ1n) is 7.36. The number of hydrogen-bond donors (Lipinski definition) is 1. The molecule has 2 saturated heterocycles. The van der Waals surface area contributed by atoms with E-state index >= 15 is 0 Å². The molecule has 0 bridgehead atoms. The van der Waals surface area contributed by atoms with Gasteiger partial charge < -0.3 is 19.7 Å². The number of ether oxygens (including phenoxy) is 2. The Morgan fingerprint density at radius 3 is 2.81 bits per heavy atom. The molecule has 1 N–H and O–H groups in total. The summed E-state index contributed by atoms with van der Waals surface area (Å²) in [6, 6.07) is -0.475. The number of rotatable bonds is 6. The van der Waals surface area contributed by atoms with Gasteiger partial charge in [0, 0.05) is 26.1 Å². The standard InChI is InChI=1S/C14H22N2O5/c1-20-13(18)6-7-16(9-10-3-2-8-21-10)14(19)11-4-5-12(17)15-11/h10-11H,2-9H2,1H3,(H,15,17). The first kappa shape index (κ1) is 15.8. The van der Waals surface area contributed by atoms with Crippen molar-refractivity contribution in [2.75, 3.05) is 26.8 Å². The number of methoxy groups -OCH3 is 1. The van der Waals surface area contributed by atoms with Crippen molar-refractivity contribution in [3.63, 3.8) is 0 Å². The van der Waals surface area contributed by atoms with Gasteiger partial charge in [0.15, 0.2) is 0 Å². The quantitative estimate of drug-likeness (QED) is 0.689. The Balaban J connectivity index is 1.93. The maximum absolute atomic E-state index is 12.5. The van der Waals surface area contributed by atoms with Gasteiger partial charge >= 0.3 is 5.97 Å². The zero-order valence-corrected chi connectivity index (χ0v) is 12.3. The highest BCUT2D eigenvalue weighted by Crippen LogP contribution is 2.16. The van der Waals surface area contributed by atoms with Crippen molar-refractivity contribution in [1.29, 1.82) is 0 Å². The molecule has 2 aliphatic rings. The predicted octanol–water partition coefficient (Wildman–Crippen LogP) is -0.164. The summed E-state index contributed by atoms with van der Waals surface area (Å²) in [6.07, 6.45) is 2.96. The second-order valence-corrected chi connectivity index (χ2v) is 5.40. The minimum absolute atomic E-state index is 0.0173. The lowest BCUT2D eigenvalue weighted by atomic mass is 10.1. The van der Waals surface area contributed by atoms with Gasteiger partial charge in [-0.05, 0) is 19.3 Å². The van der Waals surface area contributed by atoms with Crippen molar-refractivity contribution in [2.45, 2.75) is 44.2 Å². The molecule has 2 fully saturated rings. The van der Waals surface area contributed by atoms with Crippen LogP contribution in [0.15, 0.2) is 0 Å². The molecule has 2 unspecified atom stereocenters. The van der Waals surface area contributed by atoms with E-state index in [1.807, 2.05) is 0 Å². The van der Waals surface area contributed by atoms with Crippen molar-refractivity contribution in [2.24, 2.45) is 0 Å². The van der Waals surface area contributed by atoms with Crippen LogP contribution in [0.5, 0.6) is 0 Å². The van der Waals surface area contributed by atoms with E-state index in [2.05, 4.69) is 10.1 Å². The third-order valence-corrected chi connectivity index (χ3v) is 3.87. The fourth-order valence-electron chi connectivity index (χ4n) is 2.67. The van der Waals surface area contributed by atoms with E-state index < -0.39 is 6.04 Å². The first-order chi connectivity index (χ1) is 10.1. The van der Waals surface area contributed by atoms with Crippen LogP contribution in [0.2, 0.25) is 0 Å². The maximum atomic E-state index is 12.5. The van der Waals surface area contributed by atoms with Crippen molar-refractivity contribution < 1.29 is 23.9 Å². The Morgan fingerprint density at radius 1 is 1.43 bits per heavy atom. The molecule has 0 aliphatic carbocycles. The zero-order valence-electron chi connectivity index (χ0n) is 12.3. The molecule has 118 valence electrons. The molecule has 0 radical (unpaired) electrons. The SMILES string of the molecule is COC(=O)CCN(CC1CCCO1)C(=O)C1CCC(=O)N1. The van der Waals surface area contributed by atoms with Gasteiger partial charge in [-0.15, -0.1) is 0 Å². The molecule has 0 aromatic carbocycles. The van der Waals surface area contributed by atoms with Crippen LogP contribution < -0.4 is 5.32 Å². The molecule has 0 spiro atoms. The molecule has 2 heterocycles. The minimum atomic E-state index is -0.475. The third-order valence-electron chi connectivity index (χ3n) is 3.87. The number of hydrogen-bond acceptors (Lipinski definition) is 5. The minimum Gasteiger partial charge on any atom is -0.469 e. The smallest absolute Gasteiger partial charge is 0.307 e. The highest BCUT2D eigenvalue weighted by Gasteiger charge is 2.32. The van der Waals surface area contributed by atoms with Gasteiger partial charge in [-0.1, -0.05) is 0 Å². The molecule has 21 heavy (non-hydrogen) atoms. The topological polar surface area (TPSA) is 84.9 Å². The summed E-state index contributed by atoms with van der Waals surface area (Å²) >= 11 is 0. The maximum Gasteiger partial charge on any atom is 0.307 e. The molecule has 2 amide bonds. The summed E-state index contributed by atoms with van der Waals surface area (Å²) < 4.78 is 10.2. The van der Waals surface area contributed by atoms with Crippen LogP contribution in [0.4, 0.5) is 0 Å². The molecule has 7 nitrogen and oxygen atoms in total. The Morgan fingerprint density at radius 2 is 2.24 bits per heavy atom. The van der Waals surface area contributed by atoms with Crippen LogP contribution in [0.25, 0.3) is 0 Å². The second kappa shape index (κ2) is 7.40. The van der Waals surface area contributed by atoms with E-state index in [1.165, 1.54) is 7.11 Å². The number of nitrogens with zero attached hydrogens (tertiary/aromatic N) is 1. The molecule has 0 aromatic heterocycles. The number of esters is 1. The van der Waals surface area contributed by atoms with E-state index in [0.29, 0.717) is 26.0 Å². The highest BCUT2D eigenvalue weighted by molar-refractivity contribution is 5.91. The monoisotopic (exact) mass is 298 g/mol. The van der Waals surface area contributed by atoms with Gasteiger partial charge in [-0.25, -0.2) is 0 Å². The normalized spacial score (nSPS) is 24.7. The molecule has 2 rings (SSSR count). The van der Waals surface area contributed by atoms with Crippen molar-refractivity contribution in [1.82, 2.24) is 10.2 Å². The van der Waals surface area contributed by atoms with E-state index in [0.717, 1.165) is 12.8 Å². The van der Waals surface area contributed by atoms with Crippen LogP contribution in [0.1, 0.15) is 32.1 Å². The number of carbonyl (C=O) groups excluding carboxylic acids is 3. The second-order valence-electron chi connectivity index (χ2n) is 5.40. The van der Waals surface area contributed by atoms with Crippen molar-refractivity contribution in [3.8, 4) is 0 Å². The van der Waals surface area contributed by atoms with Gasteiger partial charge in [-0.3, -0.25) is 14.4 Å². The molecule has 0 saturated carbocycles. The molecular formula is C14H22N2O5. The van der Waals surface area contributed by atoms with Gasteiger partial charge in [0.1, 0.15) is 6.04 Å². The van der Waals surface area contributed by atoms with Crippen molar-refractivity contribution >= 4 is 17.8 Å². The Kier molecular flexibility index (Phi) is 5.55. The van der Waals surface area contributed by atoms with E-state index in [-0.39, 0.29) is 36.9 Å². The van der Waals surface area contributed by atoms with Gasteiger partial charge in [0.25, 0.3) is 0 Å². The zero-order chi connectivity index (χ0) is 15.2. The summed E-state index contributed by atoms with van der Waals surface area (Å²) in [5.74, 6) is -0.589. The summed E-state index contributed by atoms with van der Waals surface area (Å²) in [5, 5.41) is 2.67. The molecular weight excluding hydrogens is 276 g/mol. The van der Waals surface area contributed by atoms with Crippen LogP contribution >= 0.6 is 0 Å². The fraction of sp³-hybridized carbons (Fsp3) is 0.786. The Labute approximate surface area is 123 Å². The molecule has 2 aliphatic heterocycles. The summed E-state index contributed by atoms with van der Waals surface area (Å²) in [4.78, 5) is 36.6. The number of carbonyl (C=O) groups is 3. The van der Waals surface area contributed by atoms with Crippen LogP contribution in [-0.2, 0) is 23.9 Å². The average Bonchev–Trinajstić information content (AvgIpc) is 3.13. The average molecular weight is 298 g/mol. The lowest BCUT2D eigenvalue weighted by Gasteiger charge is -2.27. The largest absolute Gasteiger partial charge is 0.469 e. The van der Waals surface area contributed by atoms with E-state index in [4.69, 9.17) is 4.74 Å². The summed E-state index contributed by atoms with van der Waals surface area (Å²) in [5.41, 5.74) is 0. The number of amides is 2. The van der Waals surface area contributed by atoms with Crippen LogP contribution in [0.3, 0.4) is 0 Å². The third kappa shape index (κ3) is 4.42. The Hall–Kier alpha value is -1.63. The lowest BCUT2D eigenvalue weighted by Crippen LogP contribution is -2.47. The van der Waals surface area contributed by atoms with Gasteiger partial charge in [-0.2, -0.15) is 0 Å². The van der Waals surface area contributed by atoms with Crippen molar-refractivity contribution in [3.05, 3.63) is 0 Å². The highest BCUT2D eigenvalue weighted by atomic mass is 16.5. The van der Waals surface area contributed by atoms with Gasteiger partial charge in [0.05, 0.1) is 19.6 Å². The molecule has 2 atom stereocenters. The lowest BCUT2D eigenvalue weighted by molar-refractivity contribution is -0.142. The molecule has 0 aromatic rings.